The van der Waals surface area contributed by atoms with Crippen molar-refractivity contribution in [3.8, 4) is 12.3 Å². The lowest BCUT2D eigenvalue weighted by molar-refractivity contribution is 0.175. The molecule has 0 bridgehead atoms. The molecule has 0 aromatic carbocycles. The van der Waals surface area contributed by atoms with Crippen LogP contribution in [0.3, 0.4) is 0 Å². The lowest BCUT2D eigenvalue weighted by Crippen LogP contribution is -2.48. The van der Waals surface area contributed by atoms with Crippen molar-refractivity contribution in [1.82, 2.24) is 10.2 Å². The SMILES string of the molecule is C#CC(C)(C)NCC1CCCCN1C. The van der Waals surface area contributed by atoms with Gasteiger partial charge in [0, 0.05) is 12.6 Å². The Morgan fingerprint density at radius 3 is 2.79 bits per heavy atom. The van der Waals surface area contributed by atoms with Crippen LogP contribution in [0, 0.1) is 12.3 Å². The number of hydrogen-bond acceptors (Lipinski definition) is 2. The van der Waals surface area contributed by atoms with Gasteiger partial charge in [0.25, 0.3) is 0 Å². The zero-order valence-electron chi connectivity index (χ0n) is 9.64. The molecule has 1 heterocycles. The van der Waals surface area contributed by atoms with E-state index in [0.29, 0.717) is 6.04 Å². The number of likely N-dealkylation sites (N-methyl/N-ethyl adjacent to an activating group) is 1. The minimum absolute atomic E-state index is 0.168. The molecule has 14 heavy (non-hydrogen) atoms. The second kappa shape index (κ2) is 4.82. The minimum atomic E-state index is -0.168. The monoisotopic (exact) mass is 194 g/mol. The number of piperidine rings is 1. The van der Waals surface area contributed by atoms with Crippen molar-refractivity contribution in [2.75, 3.05) is 20.1 Å². The summed E-state index contributed by atoms with van der Waals surface area (Å²) in [7, 11) is 2.20. The van der Waals surface area contributed by atoms with Crippen molar-refractivity contribution in [3.63, 3.8) is 0 Å². The molecule has 1 fully saturated rings. The number of nitrogens with zero attached hydrogens (tertiary/aromatic N) is 1. The quantitative estimate of drug-likeness (QED) is 0.685. The molecule has 1 N–H and O–H groups in total. The van der Waals surface area contributed by atoms with Gasteiger partial charge in [0.1, 0.15) is 0 Å². The van der Waals surface area contributed by atoms with Gasteiger partial charge in [0.05, 0.1) is 5.54 Å². The Labute approximate surface area is 88.1 Å². The van der Waals surface area contributed by atoms with Crippen molar-refractivity contribution in [1.29, 1.82) is 0 Å². The molecule has 1 unspecified atom stereocenters. The minimum Gasteiger partial charge on any atom is -0.302 e. The molecule has 1 saturated heterocycles. The fraction of sp³-hybridized carbons (Fsp3) is 0.833. The van der Waals surface area contributed by atoms with E-state index in [2.05, 4.69) is 37.0 Å². The van der Waals surface area contributed by atoms with Crippen LogP contribution in [0.2, 0.25) is 0 Å². The molecule has 0 aromatic heterocycles. The summed E-state index contributed by atoms with van der Waals surface area (Å²) >= 11 is 0. The van der Waals surface area contributed by atoms with Crippen LogP contribution in [0.4, 0.5) is 0 Å². The van der Waals surface area contributed by atoms with Crippen LogP contribution < -0.4 is 5.32 Å². The molecule has 0 saturated carbocycles. The van der Waals surface area contributed by atoms with Crippen molar-refractivity contribution in [2.45, 2.75) is 44.7 Å². The van der Waals surface area contributed by atoms with E-state index in [1.54, 1.807) is 0 Å². The molecular formula is C12H22N2. The first kappa shape index (κ1) is 11.6. The first-order valence-electron chi connectivity index (χ1n) is 5.48. The van der Waals surface area contributed by atoms with Crippen LogP contribution in [0.15, 0.2) is 0 Å². The van der Waals surface area contributed by atoms with Gasteiger partial charge in [0.15, 0.2) is 0 Å². The fourth-order valence-electron chi connectivity index (χ4n) is 1.83. The second-order valence-corrected chi connectivity index (χ2v) is 4.78. The molecule has 1 aliphatic rings. The number of hydrogen-bond donors (Lipinski definition) is 1. The normalized spacial score (nSPS) is 24.6. The van der Waals surface area contributed by atoms with E-state index in [1.807, 2.05) is 0 Å². The van der Waals surface area contributed by atoms with Crippen LogP contribution in [-0.2, 0) is 0 Å². The summed E-state index contributed by atoms with van der Waals surface area (Å²) in [5, 5.41) is 3.43. The van der Waals surface area contributed by atoms with Crippen molar-refractivity contribution in [3.05, 3.63) is 0 Å². The predicted octanol–water partition coefficient (Wildman–Crippen LogP) is 1.47. The Kier molecular flexibility index (Phi) is 3.97. The molecule has 0 amide bonds. The van der Waals surface area contributed by atoms with Crippen LogP contribution in [0.5, 0.6) is 0 Å². The molecule has 0 aromatic rings. The third kappa shape index (κ3) is 3.32. The van der Waals surface area contributed by atoms with E-state index in [9.17, 15) is 0 Å². The number of rotatable bonds is 3. The molecule has 1 aliphatic heterocycles. The van der Waals surface area contributed by atoms with Crippen LogP contribution >= 0.6 is 0 Å². The topological polar surface area (TPSA) is 15.3 Å². The highest BCUT2D eigenvalue weighted by molar-refractivity contribution is 5.07. The fourth-order valence-corrected chi connectivity index (χ4v) is 1.83. The Balaban J connectivity index is 2.33. The standard InChI is InChI=1S/C12H22N2/c1-5-12(2,3)13-10-11-8-6-7-9-14(11)4/h1,11,13H,6-10H2,2-4H3. The summed E-state index contributed by atoms with van der Waals surface area (Å²) in [4.78, 5) is 2.43. The lowest BCUT2D eigenvalue weighted by atomic mass is 10.0. The van der Waals surface area contributed by atoms with Crippen LogP contribution in [-0.4, -0.2) is 36.6 Å². The highest BCUT2D eigenvalue weighted by atomic mass is 15.2. The average Bonchev–Trinajstić information content (AvgIpc) is 2.17. The van der Waals surface area contributed by atoms with Gasteiger partial charge in [-0.25, -0.2) is 0 Å². The summed E-state index contributed by atoms with van der Waals surface area (Å²) in [6.07, 6.45) is 9.42. The number of nitrogens with one attached hydrogen (secondary N) is 1. The Bertz CT molecular complexity index is 215. The van der Waals surface area contributed by atoms with E-state index in [4.69, 9.17) is 6.42 Å². The molecule has 80 valence electrons. The van der Waals surface area contributed by atoms with Crippen molar-refractivity contribution < 1.29 is 0 Å². The molecule has 1 atom stereocenters. The van der Waals surface area contributed by atoms with Crippen LogP contribution in [0.1, 0.15) is 33.1 Å². The van der Waals surface area contributed by atoms with Gasteiger partial charge in [0.2, 0.25) is 0 Å². The van der Waals surface area contributed by atoms with E-state index in [-0.39, 0.29) is 5.54 Å². The highest BCUT2D eigenvalue weighted by Gasteiger charge is 2.21. The Morgan fingerprint density at radius 1 is 1.50 bits per heavy atom. The Hall–Kier alpha value is -0.520. The maximum atomic E-state index is 5.43. The first-order valence-corrected chi connectivity index (χ1v) is 5.48. The molecular weight excluding hydrogens is 172 g/mol. The summed E-state index contributed by atoms with van der Waals surface area (Å²) in [5.74, 6) is 2.77. The van der Waals surface area contributed by atoms with Gasteiger partial charge >= 0.3 is 0 Å². The summed E-state index contributed by atoms with van der Waals surface area (Å²) in [6, 6.07) is 0.663. The zero-order chi connectivity index (χ0) is 10.6. The Morgan fingerprint density at radius 2 is 2.21 bits per heavy atom. The second-order valence-electron chi connectivity index (χ2n) is 4.78. The van der Waals surface area contributed by atoms with E-state index >= 15 is 0 Å². The number of terminal acetylenes is 1. The molecule has 2 nitrogen and oxygen atoms in total. The van der Waals surface area contributed by atoms with Gasteiger partial charge < -0.3 is 10.2 Å². The maximum Gasteiger partial charge on any atom is 0.0741 e. The maximum absolute atomic E-state index is 5.43. The van der Waals surface area contributed by atoms with Crippen LogP contribution in [0.25, 0.3) is 0 Å². The van der Waals surface area contributed by atoms with Crippen molar-refractivity contribution in [2.24, 2.45) is 0 Å². The molecule has 0 spiro atoms. The van der Waals surface area contributed by atoms with Gasteiger partial charge in [-0.15, -0.1) is 6.42 Å². The molecule has 2 heteroatoms. The van der Waals surface area contributed by atoms with Gasteiger partial charge in [-0.2, -0.15) is 0 Å². The van der Waals surface area contributed by atoms with Gasteiger partial charge in [-0.3, -0.25) is 0 Å². The summed E-state index contributed by atoms with van der Waals surface area (Å²) < 4.78 is 0. The van der Waals surface area contributed by atoms with Gasteiger partial charge in [-0.05, 0) is 40.3 Å². The van der Waals surface area contributed by atoms with E-state index in [0.717, 1.165) is 6.54 Å². The summed E-state index contributed by atoms with van der Waals surface area (Å²) in [5.41, 5.74) is -0.168. The largest absolute Gasteiger partial charge is 0.302 e. The summed E-state index contributed by atoms with van der Waals surface area (Å²) in [6.45, 7) is 6.34. The molecule has 1 rings (SSSR count). The van der Waals surface area contributed by atoms with E-state index in [1.165, 1.54) is 25.8 Å². The first-order chi connectivity index (χ1) is 6.55. The average molecular weight is 194 g/mol. The predicted molar refractivity (Wildman–Crippen MR) is 61.2 cm³/mol. The van der Waals surface area contributed by atoms with E-state index < -0.39 is 0 Å². The van der Waals surface area contributed by atoms with Gasteiger partial charge in [-0.1, -0.05) is 12.3 Å². The molecule has 0 aliphatic carbocycles. The third-order valence-electron chi connectivity index (χ3n) is 3.06. The third-order valence-corrected chi connectivity index (χ3v) is 3.06. The number of likely N-dealkylation sites (tertiary alicyclic amines) is 1. The highest BCUT2D eigenvalue weighted by Crippen LogP contribution is 2.14. The molecule has 0 radical (unpaired) electrons. The van der Waals surface area contributed by atoms with Crippen molar-refractivity contribution >= 4 is 0 Å². The zero-order valence-corrected chi connectivity index (χ0v) is 9.64. The smallest absolute Gasteiger partial charge is 0.0741 e. The lowest BCUT2D eigenvalue weighted by Gasteiger charge is -2.34.